The molecule has 0 unspecified atom stereocenters. The van der Waals surface area contributed by atoms with Crippen molar-refractivity contribution in [3.8, 4) is 11.5 Å². The van der Waals surface area contributed by atoms with E-state index in [9.17, 15) is 14.4 Å². The minimum Gasteiger partial charge on any atom is -0.497 e. The second kappa shape index (κ2) is 9.79. The topological polar surface area (TPSA) is 84.9 Å². The molecule has 0 saturated carbocycles. The zero-order chi connectivity index (χ0) is 20.6. The van der Waals surface area contributed by atoms with Crippen LogP contribution in [0.4, 0.5) is 4.79 Å². The second-order valence-corrected chi connectivity index (χ2v) is 7.05. The molecule has 7 nitrogen and oxygen atoms in total. The number of ether oxygens (including phenoxy) is 2. The summed E-state index contributed by atoms with van der Waals surface area (Å²) >= 11 is 0.883. The number of carbonyl (C=O) groups excluding carboxylic acids is 3. The molecule has 3 amide bonds. The van der Waals surface area contributed by atoms with E-state index in [1.54, 1.807) is 49.6 Å². The lowest BCUT2D eigenvalue weighted by atomic mass is 10.2. The number of carbonyl (C=O) groups is 3. The number of benzene rings is 2. The number of thioether (sulfide) groups is 1. The Balaban J connectivity index is 1.48. The fourth-order valence-corrected chi connectivity index (χ4v) is 3.43. The fraction of sp³-hybridized carbons (Fsp3) is 0.190. The number of amides is 3. The van der Waals surface area contributed by atoms with Crippen molar-refractivity contribution in [1.82, 2.24) is 10.2 Å². The van der Waals surface area contributed by atoms with Gasteiger partial charge < -0.3 is 14.8 Å². The van der Waals surface area contributed by atoms with Crippen molar-refractivity contribution in [1.29, 1.82) is 0 Å². The van der Waals surface area contributed by atoms with Crippen LogP contribution in [0.2, 0.25) is 0 Å². The highest BCUT2D eigenvalue weighted by molar-refractivity contribution is 8.18. The van der Waals surface area contributed by atoms with Crippen LogP contribution in [0.15, 0.2) is 59.5 Å². The lowest BCUT2D eigenvalue weighted by Crippen LogP contribution is -2.38. The van der Waals surface area contributed by atoms with Crippen molar-refractivity contribution in [2.75, 3.05) is 26.8 Å². The van der Waals surface area contributed by atoms with Gasteiger partial charge in [-0.15, -0.1) is 0 Å². The Kier molecular flexibility index (Phi) is 6.91. The van der Waals surface area contributed by atoms with Crippen molar-refractivity contribution in [3.63, 3.8) is 0 Å². The van der Waals surface area contributed by atoms with Gasteiger partial charge in [0, 0.05) is 13.1 Å². The maximum absolute atomic E-state index is 12.5. The molecule has 1 saturated heterocycles. The predicted molar refractivity (Wildman–Crippen MR) is 111 cm³/mol. The first kappa shape index (κ1) is 20.5. The molecular weight excluding hydrogens is 392 g/mol. The molecule has 1 aliphatic rings. The van der Waals surface area contributed by atoms with Gasteiger partial charge >= 0.3 is 0 Å². The number of hydrogen-bond donors (Lipinski definition) is 1. The average Bonchev–Trinajstić information content (AvgIpc) is 3.01. The van der Waals surface area contributed by atoms with Crippen LogP contribution >= 0.6 is 11.8 Å². The Hall–Kier alpha value is -3.26. The normalized spacial score (nSPS) is 14.9. The van der Waals surface area contributed by atoms with Gasteiger partial charge in [0.1, 0.15) is 11.5 Å². The summed E-state index contributed by atoms with van der Waals surface area (Å²) in [4.78, 5) is 38.0. The molecule has 150 valence electrons. The third kappa shape index (κ3) is 5.61. The van der Waals surface area contributed by atoms with Gasteiger partial charge in [0.15, 0.2) is 6.61 Å². The molecule has 3 rings (SSSR count). The zero-order valence-electron chi connectivity index (χ0n) is 15.8. The van der Waals surface area contributed by atoms with E-state index in [0.717, 1.165) is 22.2 Å². The maximum atomic E-state index is 12.5. The molecular formula is C21H20N2O5S. The molecule has 1 heterocycles. The monoisotopic (exact) mass is 412 g/mol. The van der Waals surface area contributed by atoms with Gasteiger partial charge in [-0.05, 0) is 47.7 Å². The lowest BCUT2D eigenvalue weighted by Gasteiger charge is -2.13. The van der Waals surface area contributed by atoms with E-state index < -0.39 is 0 Å². The quantitative estimate of drug-likeness (QED) is 0.671. The molecule has 2 aromatic carbocycles. The van der Waals surface area contributed by atoms with Gasteiger partial charge in [-0.25, -0.2) is 0 Å². The van der Waals surface area contributed by atoms with Crippen molar-refractivity contribution in [3.05, 3.63) is 65.1 Å². The molecule has 2 aromatic rings. The summed E-state index contributed by atoms with van der Waals surface area (Å²) in [6.45, 7) is 0.121. The summed E-state index contributed by atoms with van der Waals surface area (Å²) in [5.41, 5.74) is 0.794. The third-order valence-corrected chi connectivity index (χ3v) is 4.97. The van der Waals surface area contributed by atoms with Crippen LogP contribution < -0.4 is 14.8 Å². The molecule has 8 heteroatoms. The first-order valence-corrected chi connectivity index (χ1v) is 9.72. The summed E-state index contributed by atoms with van der Waals surface area (Å²) in [5.74, 6) is 0.611. The van der Waals surface area contributed by atoms with Crippen LogP contribution in [0, 0.1) is 0 Å². The number of imide groups is 1. The van der Waals surface area contributed by atoms with Crippen LogP contribution in [0.25, 0.3) is 6.08 Å². The molecule has 0 spiro atoms. The van der Waals surface area contributed by atoms with Crippen LogP contribution in [0.1, 0.15) is 5.56 Å². The van der Waals surface area contributed by atoms with Gasteiger partial charge in [-0.3, -0.25) is 19.3 Å². The molecule has 1 fully saturated rings. The zero-order valence-corrected chi connectivity index (χ0v) is 16.6. The summed E-state index contributed by atoms with van der Waals surface area (Å²) in [6.07, 6.45) is 1.66. The van der Waals surface area contributed by atoms with Gasteiger partial charge in [0.05, 0.1) is 12.0 Å². The number of nitrogens with zero attached hydrogens (tertiary/aromatic N) is 1. The minimum absolute atomic E-state index is 0.0989. The highest BCUT2D eigenvalue weighted by Crippen LogP contribution is 2.32. The Morgan fingerprint density at radius 2 is 1.79 bits per heavy atom. The predicted octanol–water partition coefficient (Wildman–Crippen LogP) is 2.93. The first-order valence-electron chi connectivity index (χ1n) is 8.91. The Labute approximate surface area is 172 Å². The summed E-state index contributed by atoms with van der Waals surface area (Å²) in [7, 11) is 1.58. The van der Waals surface area contributed by atoms with Crippen LogP contribution in [-0.2, 0) is 9.59 Å². The lowest BCUT2D eigenvalue weighted by molar-refractivity contribution is -0.125. The number of nitrogens with one attached hydrogen (secondary N) is 1. The smallest absolute Gasteiger partial charge is 0.293 e. The first-order chi connectivity index (χ1) is 14.1. The number of methoxy groups -OCH3 is 1. The molecule has 0 radical (unpaired) electrons. The molecule has 29 heavy (non-hydrogen) atoms. The minimum atomic E-state index is -0.370. The molecule has 0 atom stereocenters. The maximum Gasteiger partial charge on any atom is 0.293 e. The van der Waals surface area contributed by atoms with Crippen LogP contribution in [0.3, 0.4) is 0 Å². The second-order valence-electron chi connectivity index (χ2n) is 6.06. The molecule has 0 bridgehead atoms. The molecule has 1 N–H and O–H groups in total. The van der Waals surface area contributed by atoms with Crippen molar-refractivity contribution in [2.24, 2.45) is 0 Å². The number of para-hydroxylation sites is 1. The average molecular weight is 412 g/mol. The van der Waals surface area contributed by atoms with E-state index in [1.165, 1.54) is 0 Å². The van der Waals surface area contributed by atoms with E-state index in [0.29, 0.717) is 16.4 Å². The largest absolute Gasteiger partial charge is 0.497 e. The van der Waals surface area contributed by atoms with Crippen molar-refractivity contribution >= 4 is 34.9 Å². The Morgan fingerprint density at radius 1 is 1.07 bits per heavy atom. The third-order valence-electron chi connectivity index (χ3n) is 4.06. The Morgan fingerprint density at radius 3 is 2.48 bits per heavy atom. The van der Waals surface area contributed by atoms with E-state index in [-0.39, 0.29) is 36.7 Å². The standard InChI is InChI=1S/C21H20N2O5S/c1-27-16-9-7-15(8-10-16)13-18-20(25)23(21(26)29-18)12-11-22-19(24)14-28-17-5-3-2-4-6-17/h2-10,13H,11-12,14H2,1H3,(H,22,24). The fourth-order valence-electron chi connectivity index (χ4n) is 2.57. The molecule has 1 aliphatic heterocycles. The van der Waals surface area contributed by atoms with E-state index in [1.807, 2.05) is 18.2 Å². The summed E-state index contributed by atoms with van der Waals surface area (Å²) in [5, 5.41) is 2.29. The SMILES string of the molecule is COc1ccc(C=C2SC(=O)N(CCNC(=O)COc3ccccc3)C2=O)cc1. The van der Waals surface area contributed by atoms with Gasteiger partial charge in [-0.1, -0.05) is 30.3 Å². The van der Waals surface area contributed by atoms with Crippen molar-refractivity contribution < 1.29 is 23.9 Å². The molecule has 0 aromatic heterocycles. The van der Waals surface area contributed by atoms with E-state index >= 15 is 0 Å². The number of rotatable bonds is 8. The summed E-state index contributed by atoms with van der Waals surface area (Å²) in [6, 6.07) is 16.2. The molecule has 0 aliphatic carbocycles. The van der Waals surface area contributed by atoms with Crippen LogP contribution in [0.5, 0.6) is 11.5 Å². The Bertz CT molecular complexity index is 912. The summed E-state index contributed by atoms with van der Waals surface area (Å²) < 4.78 is 10.5. The van der Waals surface area contributed by atoms with Gasteiger partial charge in [-0.2, -0.15) is 0 Å². The van der Waals surface area contributed by atoms with Gasteiger partial charge in [0.2, 0.25) is 0 Å². The highest BCUT2D eigenvalue weighted by Gasteiger charge is 2.34. The van der Waals surface area contributed by atoms with Crippen LogP contribution in [-0.4, -0.2) is 48.8 Å². The van der Waals surface area contributed by atoms with Gasteiger partial charge in [0.25, 0.3) is 17.1 Å². The highest BCUT2D eigenvalue weighted by atomic mass is 32.2. The van der Waals surface area contributed by atoms with E-state index in [2.05, 4.69) is 5.32 Å². The van der Waals surface area contributed by atoms with Crippen molar-refractivity contribution in [2.45, 2.75) is 0 Å². The van der Waals surface area contributed by atoms with E-state index in [4.69, 9.17) is 9.47 Å². The number of hydrogen-bond acceptors (Lipinski definition) is 6.